The molecule has 30 heavy (non-hydrogen) atoms. The molecule has 4 heteroatoms. The van der Waals surface area contributed by atoms with E-state index in [1.807, 2.05) is 48.5 Å². The fourth-order valence-corrected chi connectivity index (χ4v) is 4.57. The molecular weight excluding hydrogens is 504 g/mol. The third-order valence-electron chi connectivity index (χ3n) is 5.22. The summed E-state index contributed by atoms with van der Waals surface area (Å²) in [5, 5.41) is 0. The SMILES string of the molecule is COc1ccc(C(C)(C=C(Br)Br)CCCc2cccc(Oc3ccccc3)c2)cc1. The fraction of sp³-hybridized carbons (Fsp3) is 0.231. The van der Waals surface area contributed by atoms with Crippen LogP contribution >= 0.6 is 31.9 Å². The lowest BCUT2D eigenvalue weighted by Gasteiger charge is -2.27. The van der Waals surface area contributed by atoms with Crippen molar-refractivity contribution in [3.05, 3.63) is 99.5 Å². The predicted molar refractivity (Wildman–Crippen MR) is 132 cm³/mol. The summed E-state index contributed by atoms with van der Waals surface area (Å²) < 4.78 is 12.3. The number of hydrogen-bond acceptors (Lipinski definition) is 2. The first-order valence-electron chi connectivity index (χ1n) is 9.99. The Morgan fingerprint density at radius 3 is 2.23 bits per heavy atom. The van der Waals surface area contributed by atoms with Crippen LogP contribution in [0.1, 0.15) is 30.9 Å². The van der Waals surface area contributed by atoms with E-state index < -0.39 is 0 Å². The molecule has 0 bridgehead atoms. The molecule has 0 heterocycles. The molecule has 0 aromatic heterocycles. The van der Waals surface area contributed by atoms with Crippen LogP contribution in [0.25, 0.3) is 0 Å². The van der Waals surface area contributed by atoms with Crippen molar-refractivity contribution in [2.45, 2.75) is 31.6 Å². The quantitative estimate of drug-likeness (QED) is 0.277. The van der Waals surface area contributed by atoms with Gasteiger partial charge in [-0.25, -0.2) is 0 Å². The lowest BCUT2D eigenvalue weighted by atomic mass is 9.78. The number of hydrogen-bond donors (Lipinski definition) is 0. The maximum Gasteiger partial charge on any atom is 0.127 e. The van der Waals surface area contributed by atoms with Crippen LogP contribution in [-0.4, -0.2) is 7.11 Å². The first kappa shape index (κ1) is 22.6. The van der Waals surface area contributed by atoms with Gasteiger partial charge in [0.15, 0.2) is 0 Å². The summed E-state index contributed by atoms with van der Waals surface area (Å²) >= 11 is 7.10. The van der Waals surface area contributed by atoms with Crippen LogP contribution < -0.4 is 9.47 Å². The Kier molecular flexibility index (Phi) is 8.17. The number of methoxy groups -OCH3 is 1. The molecule has 3 aromatic rings. The second-order valence-corrected chi connectivity index (χ2v) is 10.3. The maximum atomic E-state index is 5.98. The van der Waals surface area contributed by atoms with Gasteiger partial charge in [0.2, 0.25) is 0 Å². The summed E-state index contributed by atoms with van der Waals surface area (Å²) in [6.45, 7) is 2.27. The summed E-state index contributed by atoms with van der Waals surface area (Å²) in [5.74, 6) is 2.60. The number of para-hydroxylation sites is 1. The number of rotatable bonds is 9. The van der Waals surface area contributed by atoms with Gasteiger partial charge >= 0.3 is 0 Å². The highest BCUT2D eigenvalue weighted by Crippen LogP contribution is 2.36. The minimum atomic E-state index is -0.0905. The lowest BCUT2D eigenvalue weighted by molar-refractivity contribution is 0.414. The molecule has 0 aliphatic heterocycles. The molecular formula is C26H26Br2O2. The highest BCUT2D eigenvalue weighted by atomic mass is 79.9. The average molecular weight is 530 g/mol. The Morgan fingerprint density at radius 1 is 0.867 bits per heavy atom. The fourth-order valence-electron chi connectivity index (χ4n) is 3.56. The van der Waals surface area contributed by atoms with Gasteiger partial charge < -0.3 is 9.47 Å². The van der Waals surface area contributed by atoms with Crippen molar-refractivity contribution < 1.29 is 9.47 Å². The summed E-state index contributed by atoms with van der Waals surface area (Å²) in [7, 11) is 1.69. The van der Waals surface area contributed by atoms with E-state index in [1.165, 1.54) is 11.1 Å². The van der Waals surface area contributed by atoms with Crippen LogP contribution in [0.4, 0.5) is 0 Å². The second-order valence-electron chi connectivity index (χ2n) is 7.50. The monoisotopic (exact) mass is 528 g/mol. The Labute approximate surface area is 196 Å². The normalized spacial score (nSPS) is 12.7. The summed E-state index contributed by atoms with van der Waals surface area (Å²) in [4.78, 5) is 0. The molecule has 1 atom stereocenters. The van der Waals surface area contributed by atoms with Gasteiger partial charge in [0.1, 0.15) is 17.2 Å². The number of halogens is 2. The van der Waals surface area contributed by atoms with Crippen LogP contribution in [0, 0.1) is 0 Å². The zero-order valence-corrected chi connectivity index (χ0v) is 20.4. The van der Waals surface area contributed by atoms with Crippen molar-refractivity contribution in [2.75, 3.05) is 7.11 Å². The Morgan fingerprint density at radius 2 is 1.57 bits per heavy atom. The summed E-state index contributed by atoms with van der Waals surface area (Å²) in [6, 6.07) is 26.6. The molecule has 156 valence electrons. The van der Waals surface area contributed by atoms with E-state index in [9.17, 15) is 0 Å². The minimum absolute atomic E-state index is 0.0905. The first-order chi connectivity index (χ1) is 14.5. The number of ether oxygens (including phenoxy) is 2. The van der Waals surface area contributed by atoms with Crippen LogP contribution in [0.15, 0.2) is 88.3 Å². The van der Waals surface area contributed by atoms with E-state index in [0.29, 0.717) is 0 Å². The van der Waals surface area contributed by atoms with Crippen molar-refractivity contribution in [3.8, 4) is 17.2 Å². The van der Waals surface area contributed by atoms with E-state index >= 15 is 0 Å². The smallest absolute Gasteiger partial charge is 0.127 e. The summed E-state index contributed by atoms with van der Waals surface area (Å²) in [5.41, 5.74) is 2.45. The standard InChI is InChI=1S/C26H26Br2O2/c1-26(19-25(27)28,21-13-15-22(29-2)16-14-21)17-7-9-20-8-6-12-24(18-20)30-23-10-4-3-5-11-23/h3-6,8,10-16,18-19H,7,9,17H2,1-2H3. The van der Waals surface area contributed by atoms with Gasteiger partial charge in [-0.1, -0.05) is 55.5 Å². The highest BCUT2D eigenvalue weighted by molar-refractivity contribution is 9.28. The van der Waals surface area contributed by atoms with Gasteiger partial charge in [-0.05, 0) is 98.6 Å². The van der Waals surface area contributed by atoms with E-state index in [-0.39, 0.29) is 5.41 Å². The van der Waals surface area contributed by atoms with Gasteiger partial charge in [0.25, 0.3) is 0 Å². The van der Waals surface area contributed by atoms with E-state index in [0.717, 1.165) is 39.9 Å². The third kappa shape index (κ3) is 6.48. The average Bonchev–Trinajstić information content (AvgIpc) is 2.74. The molecule has 0 amide bonds. The molecule has 0 spiro atoms. The van der Waals surface area contributed by atoms with Gasteiger partial charge in [0.05, 0.1) is 10.5 Å². The second kappa shape index (κ2) is 10.8. The van der Waals surface area contributed by atoms with Crippen molar-refractivity contribution in [2.24, 2.45) is 0 Å². The maximum absolute atomic E-state index is 5.98. The lowest BCUT2D eigenvalue weighted by Crippen LogP contribution is -2.19. The molecule has 0 saturated heterocycles. The van der Waals surface area contributed by atoms with Crippen LogP contribution in [-0.2, 0) is 11.8 Å². The van der Waals surface area contributed by atoms with Gasteiger partial charge in [-0.2, -0.15) is 0 Å². The third-order valence-corrected chi connectivity index (χ3v) is 5.67. The van der Waals surface area contributed by atoms with Crippen LogP contribution in [0.3, 0.4) is 0 Å². The van der Waals surface area contributed by atoms with E-state index in [4.69, 9.17) is 9.47 Å². The van der Waals surface area contributed by atoms with Crippen LogP contribution in [0.5, 0.6) is 17.2 Å². The van der Waals surface area contributed by atoms with E-state index in [2.05, 4.69) is 75.2 Å². The zero-order valence-electron chi connectivity index (χ0n) is 17.3. The molecule has 0 fully saturated rings. The first-order valence-corrected chi connectivity index (χ1v) is 11.6. The Bertz CT molecular complexity index is 964. The molecule has 3 rings (SSSR count). The molecule has 1 unspecified atom stereocenters. The minimum Gasteiger partial charge on any atom is -0.497 e. The van der Waals surface area contributed by atoms with Gasteiger partial charge in [-0.3, -0.25) is 0 Å². The number of allylic oxidation sites excluding steroid dienone is 1. The molecule has 0 aliphatic carbocycles. The van der Waals surface area contributed by atoms with Crippen molar-refractivity contribution in [1.82, 2.24) is 0 Å². The number of benzene rings is 3. The van der Waals surface area contributed by atoms with Crippen molar-refractivity contribution in [1.29, 1.82) is 0 Å². The number of aryl methyl sites for hydroxylation is 1. The predicted octanol–water partition coefficient (Wildman–Crippen LogP) is 8.40. The highest BCUT2D eigenvalue weighted by Gasteiger charge is 2.24. The summed E-state index contributed by atoms with van der Waals surface area (Å²) in [6.07, 6.45) is 5.29. The van der Waals surface area contributed by atoms with Crippen molar-refractivity contribution in [3.63, 3.8) is 0 Å². The van der Waals surface area contributed by atoms with Crippen molar-refractivity contribution >= 4 is 31.9 Å². The molecule has 0 radical (unpaired) electrons. The van der Waals surface area contributed by atoms with Gasteiger partial charge in [-0.15, -0.1) is 0 Å². The van der Waals surface area contributed by atoms with E-state index in [1.54, 1.807) is 7.11 Å². The molecule has 0 N–H and O–H groups in total. The van der Waals surface area contributed by atoms with Gasteiger partial charge in [0, 0.05) is 5.41 Å². The molecule has 3 aromatic carbocycles. The molecule has 2 nitrogen and oxygen atoms in total. The zero-order chi connectivity index (χ0) is 21.4. The molecule has 0 saturated carbocycles. The largest absolute Gasteiger partial charge is 0.497 e. The Balaban J connectivity index is 1.67. The Hall–Kier alpha value is -2.04. The van der Waals surface area contributed by atoms with Crippen LogP contribution in [0.2, 0.25) is 0 Å². The topological polar surface area (TPSA) is 18.5 Å². The molecule has 0 aliphatic rings.